The van der Waals surface area contributed by atoms with E-state index in [1.54, 1.807) is 0 Å². The van der Waals surface area contributed by atoms with Crippen molar-refractivity contribution in [3.8, 4) is 0 Å². The Balaban J connectivity index is 2.28. The van der Waals surface area contributed by atoms with E-state index in [1.165, 1.54) is 10.6 Å². The summed E-state index contributed by atoms with van der Waals surface area (Å²) in [6, 6.07) is 0. The van der Waals surface area contributed by atoms with Crippen LogP contribution in [0.25, 0.3) is 0 Å². The van der Waals surface area contributed by atoms with Crippen LogP contribution in [-0.2, 0) is 19.6 Å². The monoisotopic (exact) mass is 306 g/mol. The molecule has 0 bridgehead atoms. The zero-order valence-electron chi connectivity index (χ0n) is 12.4. The van der Waals surface area contributed by atoms with Crippen molar-refractivity contribution < 1.29 is 17.9 Å². The molecule has 0 spiro atoms. The minimum atomic E-state index is -3.23. The van der Waals surface area contributed by atoms with Crippen LogP contribution in [0.4, 0.5) is 0 Å². The molecule has 1 unspecified atom stereocenters. The van der Waals surface area contributed by atoms with Crippen LogP contribution in [-0.4, -0.2) is 57.2 Å². The van der Waals surface area contributed by atoms with Crippen LogP contribution >= 0.6 is 0 Å². The Morgan fingerprint density at radius 1 is 1.40 bits per heavy atom. The lowest BCUT2D eigenvalue weighted by Gasteiger charge is -2.19. The van der Waals surface area contributed by atoms with Gasteiger partial charge in [-0.05, 0) is 19.3 Å². The van der Waals surface area contributed by atoms with E-state index in [4.69, 9.17) is 4.74 Å². The van der Waals surface area contributed by atoms with Crippen molar-refractivity contribution in [2.75, 3.05) is 32.5 Å². The van der Waals surface area contributed by atoms with Gasteiger partial charge in [0.1, 0.15) is 0 Å². The summed E-state index contributed by atoms with van der Waals surface area (Å²) in [4.78, 5) is 11.7. The molecular weight excluding hydrogens is 280 g/mol. The third-order valence-electron chi connectivity index (χ3n) is 3.37. The number of rotatable bonds is 9. The molecule has 1 amide bonds. The average Bonchev–Trinajstić information content (AvgIpc) is 2.88. The molecule has 1 aliphatic rings. The summed E-state index contributed by atoms with van der Waals surface area (Å²) in [6.45, 7) is 4.02. The van der Waals surface area contributed by atoms with Gasteiger partial charge in [0.25, 0.3) is 0 Å². The summed E-state index contributed by atoms with van der Waals surface area (Å²) < 4.78 is 30.0. The van der Waals surface area contributed by atoms with Crippen LogP contribution in [0.2, 0.25) is 0 Å². The quantitative estimate of drug-likeness (QED) is 0.681. The number of amides is 1. The second-order valence-corrected chi connectivity index (χ2v) is 7.19. The maximum atomic E-state index is 11.7. The first-order valence-electron chi connectivity index (χ1n) is 7.27. The molecular formula is C13H26N2O4S. The molecule has 6 nitrogen and oxygen atoms in total. The molecule has 0 radical (unpaired) electrons. The SMILES string of the molecule is CCCCN(CCC(=O)NCC1CCCO1)S(C)(=O)=O. The number of carbonyl (C=O) groups is 1. The Bertz CT molecular complexity index is 391. The van der Waals surface area contributed by atoms with Crippen molar-refractivity contribution in [3.63, 3.8) is 0 Å². The standard InChI is InChI=1S/C13H26N2O4S/c1-3-4-8-15(20(2,17)18)9-7-13(16)14-11-12-6-5-10-19-12/h12H,3-11H2,1-2H3,(H,14,16). The Morgan fingerprint density at radius 2 is 2.15 bits per heavy atom. The first kappa shape index (κ1) is 17.4. The summed E-state index contributed by atoms with van der Waals surface area (Å²) in [5.41, 5.74) is 0. The normalized spacial score (nSPS) is 19.4. The van der Waals surface area contributed by atoms with E-state index in [2.05, 4.69) is 5.32 Å². The molecule has 0 saturated carbocycles. The zero-order valence-corrected chi connectivity index (χ0v) is 13.2. The molecule has 0 aromatic heterocycles. The Morgan fingerprint density at radius 3 is 2.70 bits per heavy atom. The highest BCUT2D eigenvalue weighted by molar-refractivity contribution is 7.88. The third-order valence-corrected chi connectivity index (χ3v) is 4.67. The summed E-state index contributed by atoms with van der Waals surface area (Å²) in [6.07, 6.45) is 5.26. The van der Waals surface area contributed by atoms with E-state index < -0.39 is 10.0 Å². The summed E-state index contributed by atoms with van der Waals surface area (Å²) in [5.74, 6) is -0.120. The zero-order chi connectivity index (χ0) is 15.0. The van der Waals surface area contributed by atoms with Crippen LogP contribution in [0.3, 0.4) is 0 Å². The Hall–Kier alpha value is -0.660. The van der Waals surface area contributed by atoms with E-state index in [0.717, 1.165) is 32.3 Å². The van der Waals surface area contributed by atoms with Crippen LogP contribution < -0.4 is 5.32 Å². The number of hydrogen-bond donors (Lipinski definition) is 1. The van der Waals surface area contributed by atoms with Gasteiger partial charge in [-0.15, -0.1) is 0 Å². The molecule has 1 saturated heterocycles. The number of carbonyl (C=O) groups excluding carboxylic acids is 1. The maximum Gasteiger partial charge on any atom is 0.221 e. The lowest BCUT2D eigenvalue weighted by molar-refractivity contribution is -0.121. The van der Waals surface area contributed by atoms with Gasteiger partial charge in [-0.25, -0.2) is 12.7 Å². The highest BCUT2D eigenvalue weighted by Crippen LogP contribution is 2.10. The first-order chi connectivity index (χ1) is 9.43. The predicted octanol–water partition coefficient (Wildman–Crippen LogP) is 0.733. The van der Waals surface area contributed by atoms with Gasteiger partial charge in [0.2, 0.25) is 15.9 Å². The predicted molar refractivity (Wildman–Crippen MR) is 77.9 cm³/mol. The molecule has 1 atom stereocenters. The van der Waals surface area contributed by atoms with Crippen molar-refractivity contribution in [1.82, 2.24) is 9.62 Å². The van der Waals surface area contributed by atoms with Gasteiger partial charge >= 0.3 is 0 Å². The number of hydrogen-bond acceptors (Lipinski definition) is 4. The summed E-state index contributed by atoms with van der Waals surface area (Å²) in [7, 11) is -3.23. The van der Waals surface area contributed by atoms with Crippen molar-refractivity contribution in [1.29, 1.82) is 0 Å². The molecule has 0 aromatic carbocycles. The van der Waals surface area contributed by atoms with E-state index >= 15 is 0 Å². The smallest absolute Gasteiger partial charge is 0.221 e. The van der Waals surface area contributed by atoms with Gasteiger partial charge in [0, 0.05) is 32.7 Å². The van der Waals surface area contributed by atoms with E-state index in [0.29, 0.717) is 13.1 Å². The number of sulfonamides is 1. The molecule has 1 rings (SSSR count). The highest BCUT2D eigenvalue weighted by Gasteiger charge is 2.19. The maximum absolute atomic E-state index is 11.7. The molecule has 1 fully saturated rings. The minimum absolute atomic E-state index is 0.116. The third kappa shape index (κ3) is 6.67. The second kappa shape index (κ2) is 8.59. The minimum Gasteiger partial charge on any atom is -0.376 e. The van der Waals surface area contributed by atoms with Crippen molar-refractivity contribution in [2.45, 2.75) is 45.1 Å². The van der Waals surface area contributed by atoms with Gasteiger partial charge < -0.3 is 10.1 Å². The largest absolute Gasteiger partial charge is 0.376 e. The first-order valence-corrected chi connectivity index (χ1v) is 9.11. The lowest BCUT2D eigenvalue weighted by atomic mass is 10.2. The summed E-state index contributed by atoms with van der Waals surface area (Å²) >= 11 is 0. The van der Waals surface area contributed by atoms with Crippen molar-refractivity contribution >= 4 is 15.9 Å². The van der Waals surface area contributed by atoms with Gasteiger partial charge in [-0.1, -0.05) is 13.3 Å². The van der Waals surface area contributed by atoms with Crippen LogP contribution in [0.15, 0.2) is 0 Å². The van der Waals surface area contributed by atoms with Crippen LogP contribution in [0.1, 0.15) is 39.0 Å². The fourth-order valence-corrected chi connectivity index (χ4v) is 3.01. The van der Waals surface area contributed by atoms with Crippen molar-refractivity contribution in [2.24, 2.45) is 0 Å². The highest BCUT2D eigenvalue weighted by atomic mass is 32.2. The topological polar surface area (TPSA) is 75.7 Å². The number of unbranched alkanes of at least 4 members (excludes halogenated alkanes) is 1. The molecule has 1 aliphatic heterocycles. The number of nitrogens with zero attached hydrogens (tertiary/aromatic N) is 1. The number of ether oxygens (including phenoxy) is 1. The molecule has 1 N–H and O–H groups in total. The van der Waals surface area contributed by atoms with Gasteiger partial charge in [-0.2, -0.15) is 0 Å². The Labute approximate surface area is 121 Å². The Kier molecular flexibility index (Phi) is 7.47. The molecule has 118 valence electrons. The fraction of sp³-hybridized carbons (Fsp3) is 0.923. The molecule has 1 heterocycles. The second-order valence-electron chi connectivity index (χ2n) is 5.20. The van der Waals surface area contributed by atoms with Crippen LogP contribution in [0.5, 0.6) is 0 Å². The fourth-order valence-electron chi connectivity index (χ4n) is 2.13. The summed E-state index contributed by atoms with van der Waals surface area (Å²) in [5, 5.41) is 2.80. The lowest BCUT2D eigenvalue weighted by Crippen LogP contribution is -2.37. The van der Waals surface area contributed by atoms with Gasteiger partial charge in [0.05, 0.1) is 12.4 Å². The van der Waals surface area contributed by atoms with E-state index in [1.807, 2.05) is 6.92 Å². The molecule has 20 heavy (non-hydrogen) atoms. The van der Waals surface area contributed by atoms with E-state index in [-0.39, 0.29) is 25.0 Å². The van der Waals surface area contributed by atoms with Crippen LogP contribution in [0, 0.1) is 0 Å². The van der Waals surface area contributed by atoms with Gasteiger partial charge in [-0.3, -0.25) is 4.79 Å². The average molecular weight is 306 g/mol. The molecule has 0 aromatic rings. The molecule has 0 aliphatic carbocycles. The molecule has 7 heteroatoms. The van der Waals surface area contributed by atoms with E-state index in [9.17, 15) is 13.2 Å². The van der Waals surface area contributed by atoms with Crippen molar-refractivity contribution in [3.05, 3.63) is 0 Å². The number of nitrogens with one attached hydrogen (secondary N) is 1. The van der Waals surface area contributed by atoms with Gasteiger partial charge in [0.15, 0.2) is 0 Å².